The first-order chi connectivity index (χ1) is 11.2. The molecule has 1 aliphatic rings. The maximum Gasteiger partial charge on any atom is 0.322 e. The Bertz CT molecular complexity index is 630. The molecule has 0 aromatic heterocycles. The molecule has 2 atom stereocenters. The minimum Gasteiger partial charge on any atom is -0.374 e. The van der Waals surface area contributed by atoms with E-state index in [9.17, 15) is 4.79 Å². The van der Waals surface area contributed by atoms with Crippen LogP contribution in [0.2, 0.25) is 0 Å². The van der Waals surface area contributed by atoms with Gasteiger partial charge in [0.05, 0.1) is 18.8 Å². The maximum atomic E-state index is 12.5. The molecule has 120 valence electrons. The molecule has 0 radical (unpaired) electrons. The van der Waals surface area contributed by atoms with Crippen molar-refractivity contribution in [1.82, 2.24) is 4.90 Å². The van der Waals surface area contributed by atoms with Crippen LogP contribution in [0.3, 0.4) is 0 Å². The average Bonchev–Trinajstić information content (AvgIpc) is 2.58. The number of para-hydroxylation sites is 1. The average molecular weight is 310 g/mol. The lowest BCUT2D eigenvalue weighted by Gasteiger charge is -2.38. The summed E-state index contributed by atoms with van der Waals surface area (Å²) in [6, 6.07) is 19.8. The third-order valence-corrected chi connectivity index (χ3v) is 4.10. The van der Waals surface area contributed by atoms with Crippen molar-refractivity contribution < 1.29 is 9.53 Å². The predicted octanol–water partition coefficient (Wildman–Crippen LogP) is 3.55. The van der Waals surface area contributed by atoms with Crippen LogP contribution in [-0.2, 0) is 11.2 Å². The van der Waals surface area contributed by atoms with Crippen LogP contribution in [0.15, 0.2) is 60.7 Å². The number of rotatable bonds is 3. The number of nitrogens with one attached hydrogen (secondary N) is 1. The summed E-state index contributed by atoms with van der Waals surface area (Å²) in [4.78, 5) is 14.4. The standard InChI is InChI=1S/C19H22N2O2/c1-15-14-23-18(12-16-8-4-2-5-9-16)13-21(15)19(22)20-17-10-6-3-7-11-17/h2-11,15,18H,12-14H2,1H3,(H,20,22). The number of morpholine rings is 1. The van der Waals surface area contributed by atoms with Gasteiger partial charge in [0.25, 0.3) is 0 Å². The second kappa shape index (κ2) is 7.29. The van der Waals surface area contributed by atoms with Gasteiger partial charge < -0.3 is 15.0 Å². The summed E-state index contributed by atoms with van der Waals surface area (Å²) < 4.78 is 5.90. The van der Waals surface area contributed by atoms with E-state index in [2.05, 4.69) is 17.4 Å². The summed E-state index contributed by atoms with van der Waals surface area (Å²) in [5.74, 6) is 0. The summed E-state index contributed by atoms with van der Waals surface area (Å²) >= 11 is 0. The lowest BCUT2D eigenvalue weighted by molar-refractivity contribution is -0.0383. The first-order valence-corrected chi connectivity index (χ1v) is 8.00. The molecule has 1 fully saturated rings. The van der Waals surface area contributed by atoms with E-state index in [4.69, 9.17) is 4.74 Å². The predicted molar refractivity (Wildman–Crippen MR) is 91.5 cm³/mol. The molecule has 0 bridgehead atoms. The van der Waals surface area contributed by atoms with Gasteiger partial charge in [0.2, 0.25) is 0 Å². The normalized spacial score (nSPS) is 21.0. The van der Waals surface area contributed by atoms with Crippen LogP contribution in [0.1, 0.15) is 12.5 Å². The minimum atomic E-state index is -0.0648. The van der Waals surface area contributed by atoms with Crippen molar-refractivity contribution in [2.45, 2.75) is 25.5 Å². The van der Waals surface area contributed by atoms with Crippen molar-refractivity contribution in [1.29, 1.82) is 0 Å². The summed E-state index contributed by atoms with van der Waals surface area (Å²) in [6.45, 7) is 3.19. The maximum absolute atomic E-state index is 12.5. The van der Waals surface area contributed by atoms with Crippen molar-refractivity contribution in [3.8, 4) is 0 Å². The number of carbonyl (C=O) groups excluding carboxylic acids is 1. The smallest absolute Gasteiger partial charge is 0.322 e. The number of urea groups is 1. The second-order valence-corrected chi connectivity index (χ2v) is 5.94. The Hall–Kier alpha value is -2.33. The van der Waals surface area contributed by atoms with E-state index in [1.165, 1.54) is 5.56 Å². The van der Waals surface area contributed by atoms with E-state index >= 15 is 0 Å². The Morgan fingerprint density at radius 1 is 1.13 bits per heavy atom. The van der Waals surface area contributed by atoms with Crippen LogP contribution in [0, 0.1) is 0 Å². The Morgan fingerprint density at radius 2 is 1.78 bits per heavy atom. The van der Waals surface area contributed by atoms with Gasteiger partial charge in [0.15, 0.2) is 0 Å². The van der Waals surface area contributed by atoms with Gasteiger partial charge in [-0.15, -0.1) is 0 Å². The first-order valence-electron chi connectivity index (χ1n) is 8.00. The number of carbonyl (C=O) groups is 1. The van der Waals surface area contributed by atoms with E-state index in [0.717, 1.165) is 12.1 Å². The van der Waals surface area contributed by atoms with Crippen LogP contribution in [0.25, 0.3) is 0 Å². The molecule has 3 rings (SSSR count). The molecule has 0 aliphatic carbocycles. The number of hydrogen-bond donors (Lipinski definition) is 1. The van der Waals surface area contributed by atoms with Crippen LogP contribution in [0.5, 0.6) is 0 Å². The number of anilines is 1. The highest BCUT2D eigenvalue weighted by Crippen LogP contribution is 2.17. The van der Waals surface area contributed by atoms with E-state index < -0.39 is 0 Å². The van der Waals surface area contributed by atoms with Gasteiger partial charge in [-0.25, -0.2) is 4.79 Å². The minimum absolute atomic E-state index is 0.0372. The Labute approximate surface area is 137 Å². The summed E-state index contributed by atoms with van der Waals surface area (Å²) in [6.07, 6.45) is 0.859. The number of ether oxygens (including phenoxy) is 1. The van der Waals surface area contributed by atoms with Crippen LogP contribution in [-0.4, -0.2) is 36.2 Å². The molecular weight excluding hydrogens is 288 g/mol. The van der Waals surface area contributed by atoms with Crippen molar-refractivity contribution in [3.05, 3.63) is 66.2 Å². The lowest BCUT2D eigenvalue weighted by atomic mass is 10.1. The number of benzene rings is 2. The fourth-order valence-corrected chi connectivity index (χ4v) is 2.82. The third kappa shape index (κ3) is 4.11. The molecule has 2 aromatic carbocycles. The van der Waals surface area contributed by atoms with Crippen molar-refractivity contribution in [2.24, 2.45) is 0 Å². The molecule has 2 amide bonds. The molecule has 1 N–H and O–H groups in total. The monoisotopic (exact) mass is 310 g/mol. The number of amides is 2. The molecule has 1 heterocycles. The van der Waals surface area contributed by atoms with Gasteiger partial charge in [-0.2, -0.15) is 0 Å². The summed E-state index contributed by atoms with van der Waals surface area (Å²) in [5.41, 5.74) is 2.05. The first kappa shape index (κ1) is 15.6. The molecule has 4 nitrogen and oxygen atoms in total. The quantitative estimate of drug-likeness (QED) is 0.942. The van der Waals surface area contributed by atoms with Gasteiger partial charge in [-0.05, 0) is 24.6 Å². The molecule has 2 unspecified atom stereocenters. The largest absolute Gasteiger partial charge is 0.374 e. The van der Waals surface area contributed by atoms with E-state index in [1.54, 1.807) is 0 Å². The van der Waals surface area contributed by atoms with Gasteiger partial charge >= 0.3 is 6.03 Å². The summed E-state index contributed by atoms with van der Waals surface area (Å²) in [5, 5.41) is 2.96. The van der Waals surface area contributed by atoms with E-state index in [-0.39, 0.29) is 18.2 Å². The van der Waals surface area contributed by atoms with Gasteiger partial charge in [0, 0.05) is 18.7 Å². The Kier molecular flexibility index (Phi) is 4.93. The van der Waals surface area contributed by atoms with Crippen LogP contribution < -0.4 is 5.32 Å². The zero-order valence-electron chi connectivity index (χ0n) is 13.3. The SMILES string of the molecule is CC1COC(Cc2ccccc2)CN1C(=O)Nc1ccccc1. The van der Waals surface area contributed by atoms with Gasteiger partial charge in [-0.1, -0.05) is 48.5 Å². The third-order valence-electron chi connectivity index (χ3n) is 4.10. The Morgan fingerprint density at radius 3 is 2.48 bits per heavy atom. The van der Waals surface area contributed by atoms with Gasteiger partial charge in [0.1, 0.15) is 0 Å². The molecule has 0 saturated carbocycles. The van der Waals surface area contributed by atoms with Crippen molar-refractivity contribution >= 4 is 11.7 Å². The molecule has 4 heteroatoms. The molecule has 1 saturated heterocycles. The molecule has 0 spiro atoms. The number of nitrogens with zero attached hydrogens (tertiary/aromatic N) is 1. The fourth-order valence-electron chi connectivity index (χ4n) is 2.82. The zero-order valence-corrected chi connectivity index (χ0v) is 13.3. The van der Waals surface area contributed by atoms with E-state index in [0.29, 0.717) is 13.2 Å². The second-order valence-electron chi connectivity index (χ2n) is 5.94. The van der Waals surface area contributed by atoms with Crippen molar-refractivity contribution in [2.75, 3.05) is 18.5 Å². The fraction of sp³-hybridized carbons (Fsp3) is 0.316. The summed E-state index contributed by atoms with van der Waals surface area (Å²) in [7, 11) is 0. The highest BCUT2D eigenvalue weighted by Gasteiger charge is 2.29. The molecular formula is C19H22N2O2. The molecule has 23 heavy (non-hydrogen) atoms. The molecule has 1 aliphatic heterocycles. The van der Waals surface area contributed by atoms with Crippen LogP contribution in [0.4, 0.5) is 10.5 Å². The van der Waals surface area contributed by atoms with E-state index in [1.807, 2.05) is 60.4 Å². The molecule has 2 aromatic rings. The topological polar surface area (TPSA) is 41.6 Å². The van der Waals surface area contributed by atoms with Crippen molar-refractivity contribution in [3.63, 3.8) is 0 Å². The zero-order chi connectivity index (χ0) is 16.1. The number of hydrogen-bond acceptors (Lipinski definition) is 2. The highest BCUT2D eigenvalue weighted by atomic mass is 16.5. The Balaban J connectivity index is 1.62. The van der Waals surface area contributed by atoms with Crippen LogP contribution >= 0.6 is 0 Å². The highest BCUT2D eigenvalue weighted by molar-refractivity contribution is 5.89. The van der Waals surface area contributed by atoms with Gasteiger partial charge in [-0.3, -0.25) is 0 Å². The lowest BCUT2D eigenvalue weighted by Crippen LogP contribution is -2.52.